The number of aromatic nitrogens is 1. The van der Waals surface area contributed by atoms with Gasteiger partial charge in [0.1, 0.15) is 18.1 Å². The first-order valence-corrected chi connectivity index (χ1v) is 7.01. The summed E-state index contributed by atoms with van der Waals surface area (Å²) in [4.78, 5) is 4.30. The van der Waals surface area contributed by atoms with Gasteiger partial charge in [-0.15, -0.1) is 0 Å². The van der Waals surface area contributed by atoms with Crippen molar-refractivity contribution in [3.63, 3.8) is 0 Å². The van der Waals surface area contributed by atoms with Crippen LogP contribution in [0.1, 0.15) is 11.5 Å². The van der Waals surface area contributed by atoms with E-state index < -0.39 is 5.82 Å². The van der Waals surface area contributed by atoms with Crippen LogP contribution in [0.5, 0.6) is 5.75 Å². The zero-order valence-electron chi connectivity index (χ0n) is 11.1. The van der Waals surface area contributed by atoms with E-state index in [0.29, 0.717) is 27.6 Å². The minimum atomic E-state index is -0.434. The predicted molar refractivity (Wildman–Crippen MR) is 77.4 cm³/mol. The van der Waals surface area contributed by atoms with Crippen molar-refractivity contribution in [2.75, 3.05) is 0 Å². The lowest BCUT2D eigenvalue weighted by Gasteiger charge is -2.05. The molecule has 0 radical (unpaired) electrons. The van der Waals surface area contributed by atoms with Crippen LogP contribution in [0.25, 0.3) is 11.7 Å². The van der Waals surface area contributed by atoms with Gasteiger partial charge in [0.05, 0.1) is 6.26 Å². The second-order valence-electron chi connectivity index (χ2n) is 4.36. The smallest absolute Gasteiger partial charge is 0.263 e. The van der Waals surface area contributed by atoms with Crippen LogP contribution in [0.3, 0.4) is 0 Å². The van der Waals surface area contributed by atoms with Gasteiger partial charge in [0, 0.05) is 4.47 Å². The Morgan fingerprint density at radius 2 is 2.19 bits per heavy atom. The number of rotatable bonds is 4. The van der Waals surface area contributed by atoms with Gasteiger partial charge in [-0.25, -0.2) is 9.37 Å². The van der Waals surface area contributed by atoms with Crippen molar-refractivity contribution >= 4 is 15.9 Å². The number of furan rings is 1. The highest BCUT2D eigenvalue weighted by molar-refractivity contribution is 9.10. The normalized spacial score (nSPS) is 10.8. The Hall–Kier alpha value is -2.08. The van der Waals surface area contributed by atoms with Crippen molar-refractivity contribution in [3.05, 3.63) is 58.3 Å². The number of ether oxygens (including phenoxy) is 1. The number of benzene rings is 1. The molecule has 0 aliphatic carbocycles. The summed E-state index contributed by atoms with van der Waals surface area (Å²) in [6.07, 6.45) is 1.54. The molecule has 0 saturated heterocycles. The number of nitrogens with zero attached hydrogens (tertiary/aromatic N) is 1. The molecule has 0 aliphatic rings. The molecule has 3 rings (SSSR count). The number of hydrogen-bond donors (Lipinski definition) is 0. The fourth-order valence-electron chi connectivity index (χ4n) is 1.81. The third kappa shape index (κ3) is 3.00. The van der Waals surface area contributed by atoms with E-state index in [1.54, 1.807) is 37.5 Å². The minimum Gasteiger partial charge on any atom is -0.484 e. The van der Waals surface area contributed by atoms with Gasteiger partial charge < -0.3 is 13.6 Å². The Morgan fingerprint density at radius 1 is 1.33 bits per heavy atom. The molecule has 4 nitrogen and oxygen atoms in total. The van der Waals surface area contributed by atoms with Gasteiger partial charge in [0.2, 0.25) is 0 Å². The van der Waals surface area contributed by atoms with E-state index in [4.69, 9.17) is 13.6 Å². The van der Waals surface area contributed by atoms with Crippen molar-refractivity contribution in [1.29, 1.82) is 0 Å². The van der Waals surface area contributed by atoms with Crippen LogP contribution in [0.4, 0.5) is 4.39 Å². The van der Waals surface area contributed by atoms with Crippen LogP contribution in [-0.2, 0) is 6.61 Å². The standard InChI is InChI=1S/C15H11BrFNO3/c1-9-12(18-15(21-9)14-3-2-6-19-14)8-20-13-5-4-10(16)7-11(13)17/h2-7H,8H2,1H3. The summed E-state index contributed by atoms with van der Waals surface area (Å²) >= 11 is 3.20. The van der Waals surface area contributed by atoms with Crippen LogP contribution in [-0.4, -0.2) is 4.98 Å². The maximum Gasteiger partial charge on any atom is 0.263 e. The van der Waals surface area contributed by atoms with Crippen molar-refractivity contribution in [3.8, 4) is 17.4 Å². The summed E-state index contributed by atoms with van der Waals surface area (Å²) < 4.78 is 30.5. The lowest BCUT2D eigenvalue weighted by molar-refractivity contribution is 0.284. The summed E-state index contributed by atoms with van der Waals surface area (Å²) in [6.45, 7) is 1.89. The van der Waals surface area contributed by atoms with E-state index in [9.17, 15) is 4.39 Å². The van der Waals surface area contributed by atoms with Crippen LogP contribution in [0.2, 0.25) is 0 Å². The molecule has 6 heteroatoms. The molecule has 2 heterocycles. The zero-order valence-corrected chi connectivity index (χ0v) is 12.7. The molecule has 0 spiro atoms. The second kappa shape index (κ2) is 5.73. The highest BCUT2D eigenvalue weighted by Gasteiger charge is 2.14. The number of aryl methyl sites for hydroxylation is 1. The first kappa shape index (κ1) is 13.9. The predicted octanol–water partition coefficient (Wildman–Crippen LogP) is 4.72. The number of oxazole rings is 1. The summed E-state index contributed by atoms with van der Waals surface area (Å²) in [5.74, 6) is 1.27. The SMILES string of the molecule is Cc1oc(-c2ccco2)nc1COc1ccc(Br)cc1F. The van der Waals surface area contributed by atoms with Gasteiger partial charge in [-0.1, -0.05) is 15.9 Å². The monoisotopic (exact) mass is 351 g/mol. The average molecular weight is 352 g/mol. The summed E-state index contributed by atoms with van der Waals surface area (Å²) in [5, 5.41) is 0. The van der Waals surface area contributed by atoms with Crippen molar-refractivity contribution in [2.45, 2.75) is 13.5 Å². The third-order valence-electron chi connectivity index (χ3n) is 2.88. The molecular formula is C15H11BrFNO3. The topological polar surface area (TPSA) is 48.4 Å². The quantitative estimate of drug-likeness (QED) is 0.682. The maximum absolute atomic E-state index is 13.7. The zero-order chi connectivity index (χ0) is 14.8. The van der Waals surface area contributed by atoms with E-state index in [0.717, 1.165) is 0 Å². The summed E-state index contributed by atoms with van der Waals surface area (Å²) in [6, 6.07) is 8.12. The molecule has 1 aromatic carbocycles. The molecule has 0 amide bonds. The first-order chi connectivity index (χ1) is 10.1. The van der Waals surface area contributed by atoms with Gasteiger partial charge in [0.15, 0.2) is 17.3 Å². The Balaban J connectivity index is 1.76. The van der Waals surface area contributed by atoms with E-state index >= 15 is 0 Å². The van der Waals surface area contributed by atoms with E-state index in [-0.39, 0.29) is 12.4 Å². The molecule has 2 aromatic heterocycles. The molecule has 0 atom stereocenters. The highest BCUT2D eigenvalue weighted by Crippen LogP contribution is 2.25. The Kier molecular flexibility index (Phi) is 3.79. The number of hydrogen-bond acceptors (Lipinski definition) is 4. The molecule has 108 valence electrons. The molecule has 0 N–H and O–H groups in total. The maximum atomic E-state index is 13.7. The molecule has 0 aliphatic heterocycles. The lowest BCUT2D eigenvalue weighted by Crippen LogP contribution is -1.99. The van der Waals surface area contributed by atoms with Gasteiger partial charge in [0.25, 0.3) is 5.89 Å². The molecule has 0 fully saturated rings. The van der Waals surface area contributed by atoms with Gasteiger partial charge in [-0.3, -0.25) is 0 Å². The Labute approximate surface area is 128 Å². The fourth-order valence-corrected chi connectivity index (χ4v) is 2.14. The third-order valence-corrected chi connectivity index (χ3v) is 3.38. The Bertz CT molecular complexity index is 752. The van der Waals surface area contributed by atoms with E-state index in [2.05, 4.69) is 20.9 Å². The molecule has 3 aromatic rings. The van der Waals surface area contributed by atoms with Crippen molar-refractivity contribution < 1.29 is 18.0 Å². The second-order valence-corrected chi connectivity index (χ2v) is 5.28. The summed E-state index contributed by atoms with van der Waals surface area (Å²) in [7, 11) is 0. The molecule has 0 bridgehead atoms. The highest BCUT2D eigenvalue weighted by atomic mass is 79.9. The average Bonchev–Trinajstić information content (AvgIpc) is 3.07. The van der Waals surface area contributed by atoms with Gasteiger partial charge >= 0.3 is 0 Å². The summed E-state index contributed by atoms with van der Waals surface area (Å²) in [5.41, 5.74) is 0.601. The van der Waals surface area contributed by atoms with Gasteiger partial charge in [-0.05, 0) is 37.3 Å². The van der Waals surface area contributed by atoms with E-state index in [1.165, 1.54) is 6.07 Å². The molecular weight excluding hydrogens is 341 g/mol. The minimum absolute atomic E-state index is 0.120. The first-order valence-electron chi connectivity index (χ1n) is 6.21. The van der Waals surface area contributed by atoms with Crippen LogP contribution in [0.15, 0.2) is 49.9 Å². The molecule has 0 saturated carbocycles. The molecule has 0 unspecified atom stereocenters. The van der Waals surface area contributed by atoms with Crippen molar-refractivity contribution in [1.82, 2.24) is 4.98 Å². The van der Waals surface area contributed by atoms with Crippen LogP contribution < -0.4 is 4.74 Å². The largest absolute Gasteiger partial charge is 0.484 e. The van der Waals surface area contributed by atoms with Crippen LogP contribution in [0, 0.1) is 12.7 Å². The Morgan fingerprint density at radius 3 is 2.90 bits per heavy atom. The number of halogens is 2. The van der Waals surface area contributed by atoms with Crippen LogP contribution >= 0.6 is 15.9 Å². The molecule has 21 heavy (non-hydrogen) atoms. The van der Waals surface area contributed by atoms with Gasteiger partial charge in [-0.2, -0.15) is 0 Å². The fraction of sp³-hybridized carbons (Fsp3) is 0.133. The van der Waals surface area contributed by atoms with Crippen molar-refractivity contribution in [2.24, 2.45) is 0 Å². The lowest BCUT2D eigenvalue weighted by atomic mass is 10.3. The van der Waals surface area contributed by atoms with E-state index in [1.807, 2.05) is 0 Å².